The highest BCUT2D eigenvalue weighted by Crippen LogP contribution is 2.30. The van der Waals surface area contributed by atoms with Crippen molar-refractivity contribution >= 4 is 29.2 Å². The molecule has 7 nitrogen and oxygen atoms in total. The normalized spacial score (nSPS) is 10.4. The minimum atomic E-state index is -1.22. The third-order valence-electron chi connectivity index (χ3n) is 3.86. The first-order chi connectivity index (χ1) is 13.0. The Balaban J connectivity index is 1.88. The number of aromatic nitrogens is 2. The highest BCUT2D eigenvalue weighted by Gasteiger charge is 2.21. The smallest absolute Gasteiger partial charge is 0.356 e. The van der Waals surface area contributed by atoms with Crippen LogP contribution in [0.25, 0.3) is 11.3 Å². The van der Waals surface area contributed by atoms with Gasteiger partial charge in [0.05, 0.1) is 13.5 Å². The van der Waals surface area contributed by atoms with Crippen LogP contribution < -0.4 is 10.1 Å². The van der Waals surface area contributed by atoms with E-state index in [2.05, 4.69) is 15.5 Å². The van der Waals surface area contributed by atoms with Gasteiger partial charge in [-0.15, -0.1) is 0 Å². The maximum absolute atomic E-state index is 12.5. The Hall–Kier alpha value is -3.32. The molecule has 27 heavy (non-hydrogen) atoms. The van der Waals surface area contributed by atoms with Crippen LogP contribution in [0, 0.1) is 0 Å². The number of benzene rings is 2. The fourth-order valence-electron chi connectivity index (χ4n) is 2.59. The van der Waals surface area contributed by atoms with Crippen LogP contribution in [0.4, 0.5) is 5.69 Å². The quantitative estimate of drug-likeness (QED) is 0.601. The van der Waals surface area contributed by atoms with Crippen molar-refractivity contribution in [2.24, 2.45) is 0 Å². The van der Waals surface area contributed by atoms with E-state index in [1.54, 1.807) is 55.6 Å². The summed E-state index contributed by atoms with van der Waals surface area (Å²) < 4.78 is 5.14. The van der Waals surface area contributed by atoms with Gasteiger partial charge in [0.1, 0.15) is 17.1 Å². The Labute approximate surface area is 159 Å². The van der Waals surface area contributed by atoms with E-state index in [1.807, 2.05) is 0 Å². The lowest BCUT2D eigenvalue weighted by molar-refractivity contribution is -0.115. The number of carbonyl (C=O) groups excluding carboxylic acids is 1. The molecule has 0 atom stereocenters. The van der Waals surface area contributed by atoms with Crippen molar-refractivity contribution in [2.45, 2.75) is 6.42 Å². The number of methoxy groups -OCH3 is 1. The van der Waals surface area contributed by atoms with Gasteiger partial charge in [-0.2, -0.15) is 5.10 Å². The molecule has 0 unspecified atom stereocenters. The summed E-state index contributed by atoms with van der Waals surface area (Å²) in [5.41, 5.74) is 1.60. The zero-order chi connectivity index (χ0) is 19.4. The summed E-state index contributed by atoms with van der Waals surface area (Å²) in [5.74, 6) is -0.960. The molecule has 3 N–H and O–H groups in total. The van der Waals surface area contributed by atoms with Gasteiger partial charge in [0.15, 0.2) is 5.69 Å². The second-order valence-corrected chi connectivity index (χ2v) is 6.15. The lowest BCUT2D eigenvalue weighted by atomic mass is 10.1. The number of hydrogen-bond acceptors (Lipinski definition) is 4. The Morgan fingerprint density at radius 3 is 2.63 bits per heavy atom. The zero-order valence-electron chi connectivity index (χ0n) is 14.3. The van der Waals surface area contributed by atoms with Crippen LogP contribution in [0.2, 0.25) is 5.02 Å². The summed E-state index contributed by atoms with van der Waals surface area (Å²) >= 11 is 5.89. The van der Waals surface area contributed by atoms with Gasteiger partial charge in [0.2, 0.25) is 5.91 Å². The Morgan fingerprint density at radius 2 is 1.96 bits per heavy atom. The highest BCUT2D eigenvalue weighted by atomic mass is 35.5. The van der Waals surface area contributed by atoms with Gasteiger partial charge >= 0.3 is 5.97 Å². The van der Waals surface area contributed by atoms with E-state index in [-0.39, 0.29) is 23.7 Å². The van der Waals surface area contributed by atoms with Gasteiger partial charge in [-0.3, -0.25) is 9.89 Å². The van der Waals surface area contributed by atoms with Crippen LogP contribution in [0.1, 0.15) is 16.1 Å². The molecule has 0 bridgehead atoms. The maximum Gasteiger partial charge on any atom is 0.356 e. The predicted octanol–water partition coefficient (Wildman–Crippen LogP) is 3.62. The van der Waals surface area contributed by atoms with E-state index in [0.717, 1.165) is 5.56 Å². The number of nitrogens with one attached hydrogen (secondary N) is 2. The number of carboxylic acids is 1. The first kappa shape index (κ1) is 18.5. The molecule has 0 spiro atoms. The predicted molar refractivity (Wildman–Crippen MR) is 101 cm³/mol. The number of halogens is 1. The molecule has 3 aromatic rings. The van der Waals surface area contributed by atoms with Crippen molar-refractivity contribution in [1.29, 1.82) is 0 Å². The molecule has 2 aromatic carbocycles. The van der Waals surface area contributed by atoms with Crippen LogP contribution in [0.3, 0.4) is 0 Å². The first-order valence-corrected chi connectivity index (χ1v) is 8.36. The number of H-pyrrole nitrogens is 1. The van der Waals surface area contributed by atoms with Crippen LogP contribution in [0.15, 0.2) is 48.5 Å². The molecular formula is C19H16ClN3O4. The molecule has 0 saturated carbocycles. The number of aromatic carboxylic acids is 1. The molecule has 0 radical (unpaired) electrons. The number of amides is 1. The fraction of sp³-hybridized carbons (Fsp3) is 0.105. The first-order valence-electron chi connectivity index (χ1n) is 7.98. The van der Waals surface area contributed by atoms with E-state index < -0.39 is 5.97 Å². The summed E-state index contributed by atoms with van der Waals surface area (Å²) in [6.07, 6.45) is 0.0570. The van der Waals surface area contributed by atoms with Gasteiger partial charge in [-0.1, -0.05) is 35.9 Å². The molecule has 0 aliphatic heterocycles. The molecule has 0 fully saturated rings. The third-order valence-corrected chi connectivity index (χ3v) is 4.11. The number of carbonyl (C=O) groups is 2. The van der Waals surface area contributed by atoms with Gasteiger partial charge in [0, 0.05) is 10.6 Å². The van der Waals surface area contributed by atoms with Crippen molar-refractivity contribution in [2.75, 3.05) is 12.4 Å². The summed E-state index contributed by atoms with van der Waals surface area (Å²) in [4.78, 5) is 24.0. The van der Waals surface area contributed by atoms with E-state index in [0.29, 0.717) is 22.0 Å². The summed E-state index contributed by atoms with van der Waals surface area (Å²) in [6, 6.07) is 13.8. The van der Waals surface area contributed by atoms with E-state index in [1.165, 1.54) is 0 Å². The molecule has 1 aromatic heterocycles. The number of rotatable bonds is 6. The lowest BCUT2D eigenvalue weighted by Gasteiger charge is -2.08. The van der Waals surface area contributed by atoms with Crippen LogP contribution in [0.5, 0.6) is 5.75 Å². The van der Waals surface area contributed by atoms with Crippen LogP contribution in [-0.2, 0) is 11.2 Å². The molecule has 0 aliphatic carbocycles. The van der Waals surface area contributed by atoms with Gasteiger partial charge in [-0.05, 0) is 29.8 Å². The number of aromatic amines is 1. The maximum atomic E-state index is 12.5. The summed E-state index contributed by atoms with van der Waals surface area (Å²) in [5, 5.41) is 19.1. The topological polar surface area (TPSA) is 104 Å². The van der Waals surface area contributed by atoms with Crippen molar-refractivity contribution < 1.29 is 19.4 Å². The highest BCUT2D eigenvalue weighted by molar-refractivity contribution is 6.30. The second-order valence-electron chi connectivity index (χ2n) is 5.71. The molecule has 8 heteroatoms. The minimum Gasteiger partial charge on any atom is -0.497 e. The Bertz CT molecular complexity index is 983. The molecule has 0 aliphatic rings. The van der Waals surface area contributed by atoms with Crippen molar-refractivity contribution in [3.8, 4) is 17.0 Å². The average molecular weight is 386 g/mol. The van der Waals surface area contributed by atoms with Crippen LogP contribution in [-0.4, -0.2) is 34.3 Å². The van der Waals surface area contributed by atoms with Gasteiger partial charge in [-0.25, -0.2) is 4.79 Å². The van der Waals surface area contributed by atoms with Crippen LogP contribution >= 0.6 is 11.6 Å². The van der Waals surface area contributed by atoms with Crippen molar-refractivity contribution in [3.63, 3.8) is 0 Å². The van der Waals surface area contributed by atoms with Crippen molar-refractivity contribution in [1.82, 2.24) is 10.2 Å². The number of hydrogen-bond donors (Lipinski definition) is 3. The monoisotopic (exact) mass is 385 g/mol. The Morgan fingerprint density at radius 1 is 1.22 bits per heavy atom. The fourth-order valence-corrected chi connectivity index (χ4v) is 2.71. The number of ether oxygens (including phenoxy) is 1. The largest absolute Gasteiger partial charge is 0.497 e. The molecule has 1 amide bonds. The van der Waals surface area contributed by atoms with E-state index in [4.69, 9.17) is 16.3 Å². The zero-order valence-corrected chi connectivity index (χ0v) is 15.1. The average Bonchev–Trinajstić information content (AvgIpc) is 3.06. The number of carboxylic acid groups (broad SMARTS) is 1. The van der Waals surface area contributed by atoms with E-state index >= 15 is 0 Å². The molecule has 0 saturated heterocycles. The number of nitrogens with zero attached hydrogens (tertiary/aromatic N) is 1. The number of anilines is 1. The SMILES string of the molecule is COc1cccc(CC(=O)Nc2c(-c3ccc(Cl)cc3)n[nH]c2C(=O)O)c1. The molecule has 3 rings (SSSR count). The third kappa shape index (κ3) is 4.27. The summed E-state index contributed by atoms with van der Waals surface area (Å²) in [7, 11) is 1.54. The summed E-state index contributed by atoms with van der Waals surface area (Å²) in [6.45, 7) is 0. The second kappa shape index (κ2) is 7.92. The van der Waals surface area contributed by atoms with E-state index in [9.17, 15) is 14.7 Å². The van der Waals surface area contributed by atoms with Gasteiger partial charge < -0.3 is 15.2 Å². The lowest BCUT2D eigenvalue weighted by Crippen LogP contribution is -2.16. The minimum absolute atomic E-state index is 0.0570. The standard InChI is InChI=1S/C19H16ClN3O4/c1-27-14-4-2-3-11(9-14)10-15(24)21-17-16(22-23-18(17)19(25)26)12-5-7-13(20)8-6-12/h2-9H,10H2,1H3,(H,21,24)(H,22,23)(H,25,26). The molecule has 138 valence electrons. The molecule has 1 heterocycles. The van der Waals surface area contributed by atoms with Crippen molar-refractivity contribution in [3.05, 3.63) is 64.8 Å². The molecular weight excluding hydrogens is 370 g/mol. The van der Waals surface area contributed by atoms with Gasteiger partial charge in [0.25, 0.3) is 0 Å². The Kier molecular flexibility index (Phi) is 5.42.